The number of aryl methyl sites for hydroxylation is 1. The molecule has 1 aliphatic carbocycles. The Balaban J connectivity index is 2.15. The van der Waals surface area contributed by atoms with Crippen LogP contribution in [0.2, 0.25) is 5.02 Å². The Hall–Kier alpha value is -1.31. The number of hydrogen-bond donors (Lipinski definition) is 1. The predicted octanol–water partition coefficient (Wildman–Crippen LogP) is 3.75. The Morgan fingerprint density at radius 3 is 2.50 bits per heavy atom. The zero-order chi connectivity index (χ0) is 12.6. The molecule has 92 valence electrons. The summed E-state index contributed by atoms with van der Waals surface area (Å²) < 4.78 is 0. The van der Waals surface area contributed by atoms with Gasteiger partial charge < -0.3 is 5.32 Å². The highest BCUT2D eigenvalue weighted by atomic mass is 35.5. The lowest BCUT2D eigenvalue weighted by Crippen LogP contribution is -2.38. The Labute approximate surface area is 113 Å². The van der Waals surface area contributed by atoms with Crippen LogP contribution in [0.25, 0.3) is 0 Å². The van der Waals surface area contributed by atoms with E-state index in [1.54, 1.807) is 0 Å². The fourth-order valence-electron chi connectivity index (χ4n) is 3.05. The normalized spacial score (nSPS) is 21.9. The summed E-state index contributed by atoms with van der Waals surface area (Å²) in [6.07, 6.45) is 2.23. The minimum Gasteiger partial charge on any atom is -0.307 e. The molecule has 1 N–H and O–H groups in total. The fraction of sp³-hybridized carbons (Fsp3) is 0.250. The second kappa shape index (κ2) is 4.42. The third-order valence-corrected chi connectivity index (χ3v) is 4.26. The minimum absolute atomic E-state index is 0.0544. The molecule has 3 rings (SSSR count). The predicted molar refractivity (Wildman–Crippen MR) is 76.1 cm³/mol. The van der Waals surface area contributed by atoms with Gasteiger partial charge in [-0.25, -0.2) is 0 Å². The lowest BCUT2D eigenvalue weighted by atomic mass is 9.84. The molecule has 0 radical (unpaired) electrons. The van der Waals surface area contributed by atoms with Gasteiger partial charge in [0.15, 0.2) is 0 Å². The van der Waals surface area contributed by atoms with Gasteiger partial charge in [0, 0.05) is 5.02 Å². The average Bonchev–Trinajstić information content (AvgIpc) is 2.80. The molecule has 2 heteroatoms. The maximum absolute atomic E-state index is 5.99. The van der Waals surface area contributed by atoms with Crippen molar-refractivity contribution in [3.63, 3.8) is 0 Å². The van der Waals surface area contributed by atoms with Gasteiger partial charge in [-0.2, -0.15) is 0 Å². The molecular formula is C16H16ClN. The molecule has 1 atom stereocenters. The Bertz CT molecular complexity index is 562. The topological polar surface area (TPSA) is 12.0 Å². The van der Waals surface area contributed by atoms with Crippen LogP contribution in [0.15, 0.2) is 48.5 Å². The van der Waals surface area contributed by atoms with Crippen molar-refractivity contribution in [2.75, 3.05) is 7.05 Å². The molecule has 0 bridgehead atoms. The Morgan fingerprint density at radius 2 is 1.78 bits per heavy atom. The molecule has 0 aromatic heterocycles. The van der Waals surface area contributed by atoms with E-state index in [-0.39, 0.29) is 5.54 Å². The van der Waals surface area contributed by atoms with Gasteiger partial charge in [0.05, 0.1) is 5.54 Å². The van der Waals surface area contributed by atoms with E-state index in [0.29, 0.717) is 0 Å². The molecule has 1 nitrogen and oxygen atoms in total. The largest absolute Gasteiger partial charge is 0.307 e. The number of halogens is 1. The smallest absolute Gasteiger partial charge is 0.0694 e. The van der Waals surface area contributed by atoms with E-state index in [9.17, 15) is 0 Å². The molecule has 0 saturated carbocycles. The third kappa shape index (κ3) is 1.66. The van der Waals surface area contributed by atoms with Crippen LogP contribution >= 0.6 is 11.6 Å². The van der Waals surface area contributed by atoms with Crippen molar-refractivity contribution in [3.05, 3.63) is 70.2 Å². The number of hydrogen-bond acceptors (Lipinski definition) is 1. The van der Waals surface area contributed by atoms with Crippen molar-refractivity contribution >= 4 is 11.6 Å². The summed E-state index contributed by atoms with van der Waals surface area (Å²) >= 11 is 5.99. The van der Waals surface area contributed by atoms with Crippen LogP contribution in [0, 0.1) is 0 Å². The Kier molecular flexibility index (Phi) is 2.89. The molecule has 2 aromatic carbocycles. The quantitative estimate of drug-likeness (QED) is 0.864. The van der Waals surface area contributed by atoms with Gasteiger partial charge in [-0.05, 0) is 48.7 Å². The van der Waals surface area contributed by atoms with Crippen LogP contribution in [0.3, 0.4) is 0 Å². The van der Waals surface area contributed by atoms with Gasteiger partial charge in [0.1, 0.15) is 0 Å². The maximum Gasteiger partial charge on any atom is 0.0694 e. The number of nitrogens with one attached hydrogen (secondary N) is 1. The molecule has 0 spiro atoms. The van der Waals surface area contributed by atoms with E-state index in [4.69, 9.17) is 11.6 Å². The van der Waals surface area contributed by atoms with Crippen molar-refractivity contribution in [3.8, 4) is 0 Å². The third-order valence-electron chi connectivity index (χ3n) is 4.01. The first-order valence-electron chi connectivity index (χ1n) is 6.29. The molecule has 0 amide bonds. The van der Waals surface area contributed by atoms with E-state index in [2.05, 4.69) is 41.7 Å². The van der Waals surface area contributed by atoms with Crippen LogP contribution in [0.1, 0.15) is 23.1 Å². The van der Waals surface area contributed by atoms with Crippen LogP contribution in [0.4, 0.5) is 0 Å². The van der Waals surface area contributed by atoms with E-state index in [1.807, 2.05) is 19.2 Å². The van der Waals surface area contributed by atoms with Gasteiger partial charge in [0.2, 0.25) is 0 Å². The number of fused-ring (bicyclic) bond motifs is 1. The van der Waals surface area contributed by atoms with Crippen LogP contribution in [-0.2, 0) is 12.0 Å². The molecule has 1 unspecified atom stereocenters. The molecule has 18 heavy (non-hydrogen) atoms. The molecule has 1 aliphatic rings. The summed E-state index contributed by atoms with van der Waals surface area (Å²) in [6, 6.07) is 16.9. The summed E-state index contributed by atoms with van der Waals surface area (Å²) in [7, 11) is 2.04. The molecule has 2 aromatic rings. The molecule has 0 saturated heterocycles. The van der Waals surface area contributed by atoms with Crippen LogP contribution in [-0.4, -0.2) is 7.05 Å². The zero-order valence-corrected chi connectivity index (χ0v) is 11.2. The highest BCUT2D eigenvalue weighted by Crippen LogP contribution is 2.41. The second-order valence-electron chi connectivity index (χ2n) is 4.82. The first kappa shape index (κ1) is 11.8. The number of rotatable bonds is 2. The van der Waals surface area contributed by atoms with Crippen LogP contribution in [0.5, 0.6) is 0 Å². The molecule has 0 fully saturated rings. The summed E-state index contributed by atoms with van der Waals surface area (Å²) in [4.78, 5) is 0. The first-order chi connectivity index (χ1) is 8.76. The molecular weight excluding hydrogens is 242 g/mol. The molecule has 0 aliphatic heterocycles. The van der Waals surface area contributed by atoms with E-state index < -0.39 is 0 Å². The van der Waals surface area contributed by atoms with E-state index in [1.165, 1.54) is 16.7 Å². The van der Waals surface area contributed by atoms with E-state index in [0.717, 1.165) is 17.9 Å². The standard InChI is InChI=1S/C16H16ClN/c1-18-16(13-6-8-14(17)9-7-13)11-10-12-4-2-3-5-15(12)16/h2-9,18H,10-11H2,1H3. The average molecular weight is 258 g/mol. The fourth-order valence-corrected chi connectivity index (χ4v) is 3.18. The summed E-state index contributed by atoms with van der Waals surface area (Å²) in [5.74, 6) is 0. The summed E-state index contributed by atoms with van der Waals surface area (Å²) in [5, 5.41) is 4.31. The Morgan fingerprint density at radius 1 is 1.06 bits per heavy atom. The van der Waals surface area contributed by atoms with Gasteiger partial charge in [-0.3, -0.25) is 0 Å². The van der Waals surface area contributed by atoms with Gasteiger partial charge in [-0.1, -0.05) is 48.0 Å². The maximum atomic E-state index is 5.99. The van der Waals surface area contributed by atoms with Crippen molar-refractivity contribution in [2.45, 2.75) is 18.4 Å². The SMILES string of the molecule is CNC1(c2ccc(Cl)cc2)CCc2ccccc21. The number of benzene rings is 2. The summed E-state index contributed by atoms with van der Waals surface area (Å²) in [5.41, 5.74) is 4.08. The van der Waals surface area contributed by atoms with Gasteiger partial charge in [0.25, 0.3) is 0 Å². The second-order valence-corrected chi connectivity index (χ2v) is 5.26. The first-order valence-corrected chi connectivity index (χ1v) is 6.67. The highest BCUT2D eigenvalue weighted by Gasteiger charge is 2.38. The molecule has 0 heterocycles. The van der Waals surface area contributed by atoms with Crippen molar-refractivity contribution in [1.29, 1.82) is 0 Å². The van der Waals surface area contributed by atoms with Gasteiger partial charge >= 0.3 is 0 Å². The highest BCUT2D eigenvalue weighted by molar-refractivity contribution is 6.30. The van der Waals surface area contributed by atoms with Crippen LogP contribution < -0.4 is 5.32 Å². The lowest BCUT2D eigenvalue weighted by Gasteiger charge is -2.31. The lowest BCUT2D eigenvalue weighted by molar-refractivity contribution is 0.436. The van der Waals surface area contributed by atoms with Gasteiger partial charge in [-0.15, -0.1) is 0 Å². The van der Waals surface area contributed by atoms with Crippen molar-refractivity contribution < 1.29 is 0 Å². The van der Waals surface area contributed by atoms with Crippen molar-refractivity contribution in [1.82, 2.24) is 5.32 Å². The van der Waals surface area contributed by atoms with Crippen molar-refractivity contribution in [2.24, 2.45) is 0 Å². The van der Waals surface area contributed by atoms with E-state index >= 15 is 0 Å². The minimum atomic E-state index is -0.0544. The monoisotopic (exact) mass is 257 g/mol. The zero-order valence-electron chi connectivity index (χ0n) is 10.4. The summed E-state index contributed by atoms with van der Waals surface area (Å²) in [6.45, 7) is 0.